The first-order valence-corrected chi connectivity index (χ1v) is 5.62. The van der Waals surface area contributed by atoms with Gasteiger partial charge in [0.1, 0.15) is 0 Å². The van der Waals surface area contributed by atoms with E-state index in [0.29, 0.717) is 25.3 Å². The highest BCUT2D eigenvalue weighted by Gasteiger charge is 2.06. The number of hydrogen-bond donors (Lipinski definition) is 3. The number of amides is 1. The van der Waals surface area contributed by atoms with Crippen molar-refractivity contribution in [1.29, 1.82) is 0 Å². The summed E-state index contributed by atoms with van der Waals surface area (Å²) in [6.45, 7) is 5.52. The highest BCUT2D eigenvalue weighted by Crippen LogP contribution is 2.14. The van der Waals surface area contributed by atoms with Gasteiger partial charge in [-0.05, 0) is 37.6 Å². The lowest BCUT2D eigenvalue weighted by Crippen LogP contribution is -2.27. The topological polar surface area (TPSA) is 76.4 Å². The van der Waals surface area contributed by atoms with E-state index < -0.39 is 0 Å². The first-order chi connectivity index (χ1) is 8.19. The minimum atomic E-state index is -0.101. The normalized spacial score (nSPS) is 10.1. The van der Waals surface area contributed by atoms with Crippen LogP contribution in [0.5, 0.6) is 0 Å². The lowest BCUT2D eigenvalue weighted by atomic mass is 10.1. The summed E-state index contributed by atoms with van der Waals surface area (Å²) in [6.07, 6.45) is 0. The first kappa shape index (κ1) is 13.5. The number of benzene rings is 1. The summed E-state index contributed by atoms with van der Waals surface area (Å²) in [6, 6.07) is 5.32. The van der Waals surface area contributed by atoms with Crippen LogP contribution in [0.25, 0.3) is 0 Å². The molecule has 0 saturated heterocycles. The summed E-state index contributed by atoms with van der Waals surface area (Å²) >= 11 is 0. The Morgan fingerprint density at radius 1 is 1.47 bits per heavy atom. The summed E-state index contributed by atoms with van der Waals surface area (Å²) in [5, 5.41) is 2.78. The fourth-order valence-corrected chi connectivity index (χ4v) is 1.45. The standard InChI is InChI=1S/C12H19N3O2/c1-3-17-7-6-14-12(16)10-4-5-11(15-13)9(2)8-10/h4-5,8,15H,3,6-7,13H2,1-2H3,(H,14,16). The number of hydrogen-bond acceptors (Lipinski definition) is 4. The lowest BCUT2D eigenvalue weighted by Gasteiger charge is -2.08. The van der Waals surface area contributed by atoms with Crippen molar-refractivity contribution in [2.24, 2.45) is 5.84 Å². The van der Waals surface area contributed by atoms with Gasteiger partial charge in [-0.3, -0.25) is 10.6 Å². The molecule has 4 N–H and O–H groups in total. The Bertz CT molecular complexity index is 380. The van der Waals surface area contributed by atoms with Gasteiger partial charge in [-0.1, -0.05) is 0 Å². The molecule has 0 aliphatic rings. The van der Waals surface area contributed by atoms with Crippen LogP contribution in [0.4, 0.5) is 5.69 Å². The fourth-order valence-electron chi connectivity index (χ4n) is 1.45. The van der Waals surface area contributed by atoms with E-state index in [1.807, 2.05) is 13.8 Å². The number of hydrazine groups is 1. The van der Waals surface area contributed by atoms with E-state index >= 15 is 0 Å². The predicted octanol–water partition coefficient (Wildman–Crippen LogP) is 1.05. The molecule has 5 heteroatoms. The molecule has 0 unspecified atom stereocenters. The minimum absolute atomic E-state index is 0.101. The van der Waals surface area contributed by atoms with E-state index in [9.17, 15) is 4.79 Å². The maximum Gasteiger partial charge on any atom is 0.251 e. The van der Waals surface area contributed by atoms with Crippen LogP contribution in [0, 0.1) is 6.92 Å². The van der Waals surface area contributed by atoms with E-state index in [0.717, 1.165) is 11.3 Å². The van der Waals surface area contributed by atoms with E-state index in [-0.39, 0.29) is 5.91 Å². The van der Waals surface area contributed by atoms with Gasteiger partial charge in [-0.15, -0.1) is 0 Å². The maximum atomic E-state index is 11.7. The Hall–Kier alpha value is -1.59. The number of nitrogens with two attached hydrogens (primary N) is 1. The van der Waals surface area contributed by atoms with E-state index in [4.69, 9.17) is 10.6 Å². The summed E-state index contributed by atoms with van der Waals surface area (Å²) in [5.74, 6) is 5.22. The van der Waals surface area contributed by atoms with Gasteiger partial charge in [0.2, 0.25) is 0 Å². The Labute approximate surface area is 101 Å². The van der Waals surface area contributed by atoms with Gasteiger partial charge in [0.15, 0.2) is 0 Å². The summed E-state index contributed by atoms with van der Waals surface area (Å²) < 4.78 is 5.14. The molecule has 0 aliphatic carbocycles. The van der Waals surface area contributed by atoms with Crippen molar-refractivity contribution >= 4 is 11.6 Å². The zero-order chi connectivity index (χ0) is 12.7. The van der Waals surface area contributed by atoms with E-state index in [2.05, 4.69) is 10.7 Å². The molecule has 5 nitrogen and oxygen atoms in total. The molecule has 94 valence electrons. The number of rotatable bonds is 6. The highest BCUT2D eigenvalue weighted by molar-refractivity contribution is 5.94. The number of nitrogen functional groups attached to an aromatic ring is 1. The number of carbonyl (C=O) groups is 1. The van der Waals surface area contributed by atoms with Crippen LogP contribution < -0.4 is 16.6 Å². The molecule has 0 saturated carbocycles. The van der Waals surface area contributed by atoms with Crippen molar-refractivity contribution in [3.05, 3.63) is 29.3 Å². The van der Waals surface area contributed by atoms with Crippen molar-refractivity contribution in [3.8, 4) is 0 Å². The molecule has 0 spiro atoms. The van der Waals surface area contributed by atoms with Gasteiger partial charge in [-0.2, -0.15) is 0 Å². The van der Waals surface area contributed by atoms with Gasteiger partial charge in [-0.25, -0.2) is 0 Å². The minimum Gasteiger partial charge on any atom is -0.380 e. The van der Waals surface area contributed by atoms with Crippen molar-refractivity contribution in [1.82, 2.24) is 5.32 Å². The molecule has 1 rings (SSSR count). The molecule has 0 radical (unpaired) electrons. The molecule has 0 aromatic heterocycles. The Balaban J connectivity index is 2.54. The largest absolute Gasteiger partial charge is 0.380 e. The van der Waals surface area contributed by atoms with Crippen LogP contribution in [-0.2, 0) is 4.74 Å². The molecule has 17 heavy (non-hydrogen) atoms. The van der Waals surface area contributed by atoms with Gasteiger partial charge in [0, 0.05) is 18.7 Å². The Morgan fingerprint density at radius 2 is 2.24 bits per heavy atom. The summed E-state index contributed by atoms with van der Waals surface area (Å²) in [4.78, 5) is 11.7. The molecule has 0 heterocycles. The van der Waals surface area contributed by atoms with Crippen molar-refractivity contribution in [3.63, 3.8) is 0 Å². The van der Waals surface area contributed by atoms with Crippen LogP contribution in [0.3, 0.4) is 0 Å². The zero-order valence-corrected chi connectivity index (χ0v) is 10.2. The van der Waals surface area contributed by atoms with Gasteiger partial charge in [0.25, 0.3) is 5.91 Å². The summed E-state index contributed by atoms with van der Waals surface area (Å²) in [5.41, 5.74) is 4.94. The van der Waals surface area contributed by atoms with E-state index in [1.165, 1.54) is 0 Å². The lowest BCUT2D eigenvalue weighted by molar-refractivity contribution is 0.0922. The van der Waals surface area contributed by atoms with Crippen LogP contribution in [-0.4, -0.2) is 25.7 Å². The second kappa shape index (κ2) is 6.88. The van der Waals surface area contributed by atoms with E-state index in [1.54, 1.807) is 18.2 Å². The molecule has 1 aromatic rings. The van der Waals surface area contributed by atoms with Crippen molar-refractivity contribution < 1.29 is 9.53 Å². The molecular weight excluding hydrogens is 218 g/mol. The van der Waals surface area contributed by atoms with Crippen LogP contribution in [0.1, 0.15) is 22.8 Å². The number of nitrogens with one attached hydrogen (secondary N) is 2. The zero-order valence-electron chi connectivity index (χ0n) is 10.2. The van der Waals surface area contributed by atoms with Crippen LogP contribution >= 0.6 is 0 Å². The Kier molecular flexibility index (Phi) is 5.45. The molecule has 0 fully saturated rings. The monoisotopic (exact) mass is 237 g/mol. The SMILES string of the molecule is CCOCCNC(=O)c1ccc(NN)c(C)c1. The molecule has 0 bridgehead atoms. The average Bonchev–Trinajstić information content (AvgIpc) is 2.34. The van der Waals surface area contributed by atoms with Crippen LogP contribution in [0.2, 0.25) is 0 Å². The first-order valence-electron chi connectivity index (χ1n) is 5.62. The molecule has 1 amide bonds. The molecule has 1 aromatic carbocycles. The fraction of sp³-hybridized carbons (Fsp3) is 0.417. The third-order valence-electron chi connectivity index (χ3n) is 2.38. The number of carbonyl (C=O) groups excluding carboxylic acids is 1. The molecular formula is C12H19N3O2. The van der Waals surface area contributed by atoms with Gasteiger partial charge < -0.3 is 15.5 Å². The third kappa shape index (κ3) is 4.05. The van der Waals surface area contributed by atoms with Crippen LogP contribution in [0.15, 0.2) is 18.2 Å². The van der Waals surface area contributed by atoms with Gasteiger partial charge in [0.05, 0.1) is 12.3 Å². The average molecular weight is 237 g/mol. The third-order valence-corrected chi connectivity index (χ3v) is 2.38. The van der Waals surface area contributed by atoms with Crippen molar-refractivity contribution in [2.75, 3.05) is 25.2 Å². The Morgan fingerprint density at radius 3 is 2.82 bits per heavy atom. The summed E-state index contributed by atoms with van der Waals surface area (Å²) in [7, 11) is 0. The van der Waals surface area contributed by atoms with Crippen molar-refractivity contribution in [2.45, 2.75) is 13.8 Å². The highest BCUT2D eigenvalue weighted by atomic mass is 16.5. The number of ether oxygens (including phenoxy) is 1. The predicted molar refractivity (Wildman–Crippen MR) is 67.8 cm³/mol. The molecule has 0 atom stereocenters. The quantitative estimate of drug-likeness (QED) is 0.392. The smallest absolute Gasteiger partial charge is 0.251 e. The second-order valence-electron chi connectivity index (χ2n) is 3.63. The number of anilines is 1. The van der Waals surface area contributed by atoms with Gasteiger partial charge >= 0.3 is 0 Å². The maximum absolute atomic E-state index is 11.7. The number of aryl methyl sites for hydroxylation is 1. The molecule has 0 aliphatic heterocycles. The second-order valence-corrected chi connectivity index (χ2v) is 3.63.